The molecular weight excluding hydrogens is 320 g/mol. The number of amides is 1. The van der Waals surface area contributed by atoms with Gasteiger partial charge in [-0.2, -0.15) is 0 Å². The van der Waals surface area contributed by atoms with Crippen LogP contribution in [0.15, 0.2) is 60.7 Å². The van der Waals surface area contributed by atoms with Gasteiger partial charge in [0.2, 0.25) is 5.91 Å². The monoisotopic (exact) mass is 350 g/mol. The highest BCUT2D eigenvalue weighted by Gasteiger charge is 2.45. The molecule has 3 nitrogen and oxygen atoms in total. The number of benzene rings is 2. The van der Waals surface area contributed by atoms with Crippen LogP contribution in [0.5, 0.6) is 0 Å². The van der Waals surface area contributed by atoms with E-state index in [4.69, 9.17) is 0 Å². The zero-order valence-electron chi connectivity index (χ0n) is 15.9. The number of hydrogen-bond acceptors (Lipinski definition) is 2. The molecule has 1 N–H and O–H groups in total. The van der Waals surface area contributed by atoms with Crippen LogP contribution in [0, 0.1) is 0 Å². The Morgan fingerprint density at radius 1 is 1.00 bits per heavy atom. The molecule has 2 aromatic rings. The first kappa shape index (κ1) is 18.7. The smallest absolute Gasteiger partial charge is 0.230 e. The average molecular weight is 351 g/mol. The van der Waals surface area contributed by atoms with Crippen molar-refractivity contribution >= 4 is 5.91 Å². The van der Waals surface area contributed by atoms with Crippen LogP contribution in [0.1, 0.15) is 50.3 Å². The molecule has 0 radical (unpaired) electrons. The highest BCUT2D eigenvalue weighted by Crippen LogP contribution is 2.44. The Labute approximate surface area is 157 Å². The summed E-state index contributed by atoms with van der Waals surface area (Å²) in [6.07, 6.45) is 3.02. The van der Waals surface area contributed by atoms with E-state index in [-0.39, 0.29) is 17.4 Å². The van der Waals surface area contributed by atoms with Crippen molar-refractivity contribution in [2.45, 2.75) is 44.6 Å². The largest absolute Gasteiger partial charge is 0.353 e. The highest BCUT2D eigenvalue weighted by molar-refractivity contribution is 5.89. The first-order chi connectivity index (χ1) is 12.7. The van der Waals surface area contributed by atoms with Crippen molar-refractivity contribution in [1.82, 2.24) is 10.2 Å². The molecule has 3 rings (SSSR count). The normalized spacial score (nSPS) is 16.7. The van der Waals surface area contributed by atoms with Crippen molar-refractivity contribution in [3.05, 3.63) is 71.8 Å². The third-order valence-corrected chi connectivity index (χ3v) is 5.86. The molecule has 1 aliphatic rings. The van der Waals surface area contributed by atoms with Gasteiger partial charge in [-0.1, -0.05) is 80.9 Å². The van der Waals surface area contributed by atoms with Gasteiger partial charge in [0.25, 0.3) is 0 Å². The Bertz CT molecular complexity index is 691. The Morgan fingerprint density at radius 2 is 1.58 bits per heavy atom. The standard InChI is InChI=1S/C23H30N2O/c1-3-25(4-2)21(19-12-7-5-8-13-19)18-24-22(26)23(16-11-17-23)20-14-9-6-10-15-20/h5-10,12-15,21H,3-4,11,16-18H2,1-2H3,(H,24,26). The fourth-order valence-electron chi connectivity index (χ4n) is 4.09. The predicted molar refractivity (Wildman–Crippen MR) is 107 cm³/mol. The summed E-state index contributed by atoms with van der Waals surface area (Å²) < 4.78 is 0. The molecule has 0 bridgehead atoms. The minimum Gasteiger partial charge on any atom is -0.353 e. The van der Waals surface area contributed by atoms with Crippen molar-refractivity contribution in [2.75, 3.05) is 19.6 Å². The highest BCUT2D eigenvalue weighted by atomic mass is 16.2. The van der Waals surface area contributed by atoms with Gasteiger partial charge in [0, 0.05) is 6.54 Å². The summed E-state index contributed by atoms with van der Waals surface area (Å²) in [5, 5.41) is 3.29. The lowest BCUT2D eigenvalue weighted by Gasteiger charge is -2.41. The molecule has 1 saturated carbocycles. The maximum atomic E-state index is 13.2. The van der Waals surface area contributed by atoms with E-state index < -0.39 is 0 Å². The molecule has 3 heteroatoms. The lowest BCUT2D eigenvalue weighted by molar-refractivity contribution is -0.130. The summed E-state index contributed by atoms with van der Waals surface area (Å²) in [4.78, 5) is 15.6. The van der Waals surface area contributed by atoms with Gasteiger partial charge < -0.3 is 5.32 Å². The zero-order valence-corrected chi connectivity index (χ0v) is 15.9. The molecule has 0 aliphatic heterocycles. The van der Waals surface area contributed by atoms with E-state index >= 15 is 0 Å². The van der Waals surface area contributed by atoms with Crippen molar-refractivity contribution in [3.63, 3.8) is 0 Å². The number of rotatable bonds is 8. The van der Waals surface area contributed by atoms with Crippen LogP contribution in [0.3, 0.4) is 0 Å². The predicted octanol–water partition coefficient (Wildman–Crippen LogP) is 4.31. The van der Waals surface area contributed by atoms with Gasteiger partial charge in [0.1, 0.15) is 0 Å². The molecular formula is C23H30N2O. The molecule has 1 amide bonds. The number of nitrogens with zero attached hydrogens (tertiary/aromatic N) is 1. The van der Waals surface area contributed by atoms with Crippen LogP contribution in [-0.4, -0.2) is 30.4 Å². The topological polar surface area (TPSA) is 32.3 Å². The number of likely N-dealkylation sites (N-methyl/N-ethyl adjacent to an activating group) is 1. The van der Waals surface area contributed by atoms with Crippen LogP contribution in [0.4, 0.5) is 0 Å². The van der Waals surface area contributed by atoms with Crippen LogP contribution in [0.2, 0.25) is 0 Å². The van der Waals surface area contributed by atoms with Crippen molar-refractivity contribution < 1.29 is 4.79 Å². The van der Waals surface area contributed by atoms with E-state index in [0.29, 0.717) is 6.54 Å². The molecule has 1 fully saturated rings. The van der Waals surface area contributed by atoms with E-state index in [1.807, 2.05) is 24.3 Å². The fourth-order valence-corrected chi connectivity index (χ4v) is 4.09. The van der Waals surface area contributed by atoms with E-state index in [9.17, 15) is 4.79 Å². The van der Waals surface area contributed by atoms with E-state index in [2.05, 4.69) is 60.5 Å². The summed E-state index contributed by atoms with van der Waals surface area (Å²) in [7, 11) is 0. The summed E-state index contributed by atoms with van der Waals surface area (Å²) in [5.41, 5.74) is 2.09. The minimum atomic E-state index is -0.328. The quantitative estimate of drug-likeness (QED) is 0.769. The number of nitrogens with one attached hydrogen (secondary N) is 1. The van der Waals surface area contributed by atoms with Gasteiger partial charge in [0.15, 0.2) is 0 Å². The number of hydrogen-bond donors (Lipinski definition) is 1. The molecule has 0 spiro atoms. The van der Waals surface area contributed by atoms with Crippen molar-refractivity contribution in [3.8, 4) is 0 Å². The molecule has 1 atom stereocenters. The van der Waals surface area contributed by atoms with Crippen molar-refractivity contribution in [1.29, 1.82) is 0 Å². The fraction of sp³-hybridized carbons (Fsp3) is 0.435. The minimum absolute atomic E-state index is 0.183. The first-order valence-electron chi connectivity index (χ1n) is 9.84. The molecule has 1 aliphatic carbocycles. The molecule has 0 saturated heterocycles. The molecule has 1 unspecified atom stereocenters. The SMILES string of the molecule is CCN(CC)C(CNC(=O)C1(c2ccccc2)CCC1)c1ccccc1. The first-order valence-corrected chi connectivity index (χ1v) is 9.84. The Hall–Kier alpha value is -2.13. The summed E-state index contributed by atoms with van der Waals surface area (Å²) in [6.45, 7) is 6.95. The lowest BCUT2D eigenvalue weighted by atomic mass is 9.64. The molecule has 138 valence electrons. The van der Waals surface area contributed by atoms with Gasteiger partial charge in [-0.3, -0.25) is 9.69 Å². The van der Waals surface area contributed by atoms with Crippen LogP contribution >= 0.6 is 0 Å². The third kappa shape index (κ3) is 3.68. The average Bonchev–Trinajstić information content (AvgIpc) is 2.66. The Morgan fingerprint density at radius 3 is 2.08 bits per heavy atom. The van der Waals surface area contributed by atoms with Gasteiger partial charge in [-0.25, -0.2) is 0 Å². The van der Waals surface area contributed by atoms with Gasteiger partial charge in [-0.05, 0) is 37.1 Å². The van der Waals surface area contributed by atoms with E-state index in [1.54, 1.807) is 0 Å². The summed E-state index contributed by atoms with van der Waals surface area (Å²) in [6, 6.07) is 21.0. The zero-order chi connectivity index (χ0) is 18.4. The van der Waals surface area contributed by atoms with E-state index in [1.165, 1.54) is 5.56 Å². The second-order valence-corrected chi connectivity index (χ2v) is 7.16. The Kier molecular flexibility index (Phi) is 6.10. The molecule has 0 aromatic heterocycles. The summed E-state index contributed by atoms with van der Waals surface area (Å²) in [5.74, 6) is 0.183. The lowest BCUT2D eigenvalue weighted by Crippen LogP contribution is -2.51. The molecule has 26 heavy (non-hydrogen) atoms. The summed E-state index contributed by atoms with van der Waals surface area (Å²) >= 11 is 0. The second-order valence-electron chi connectivity index (χ2n) is 7.16. The van der Waals surface area contributed by atoms with E-state index in [0.717, 1.165) is 37.9 Å². The maximum Gasteiger partial charge on any atom is 0.230 e. The van der Waals surface area contributed by atoms with Crippen LogP contribution < -0.4 is 5.32 Å². The third-order valence-electron chi connectivity index (χ3n) is 5.86. The van der Waals surface area contributed by atoms with Crippen LogP contribution in [0.25, 0.3) is 0 Å². The van der Waals surface area contributed by atoms with Gasteiger partial charge >= 0.3 is 0 Å². The second kappa shape index (κ2) is 8.50. The Balaban J connectivity index is 1.75. The van der Waals surface area contributed by atoms with Gasteiger partial charge in [0.05, 0.1) is 11.5 Å². The molecule has 2 aromatic carbocycles. The number of carbonyl (C=O) groups is 1. The molecule has 0 heterocycles. The maximum absolute atomic E-state index is 13.2. The van der Waals surface area contributed by atoms with Gasteiger partial charge in [-0.15, -0.1) is 0 Å². The van der Waals surface area contributed by atoms with Crippen LogP contribution in [-0.2, 0) is 10.2 Å². The number of carbonyl (C=O) groups excluding carboxylic acids is 1. The van der Waals surface area contributed by atoms with Crippen molar-refractivity contribution in [2.24, 2.45) is 0 Å².